The van der Waals surface area contributed by atoms with E-state index in [1.807, 2.05) is 41.2 Å². The van der Waals surface area contributed by atoms with E-state index in [4.69, 9.17) is 5.11 Å². The molecule has 0 aliphatic heterocycles. The van der Waals surface area contributed by atoms with E-state index in [0.29, 0.717) is 18.4 Å². The molecule has 1 aliphatic rings. The Morgan fingerprint density at radius 2 is 1.45 bits per heavy atom. The summed E-state index contributed by atoms with van der Waals surface area (Å²) in [6.07, 6.45) is 8.85. The number of pyridine rings is 1. The number of hydrogen-bond acceptors (Lipinski definition) is 1. The third-order valence-corrected chi connectivity index (χ3v) is 2.44. The molecule has 1 aromatic rings. The molecule has 10 heteroatoms. The van der Waals surface area contributed by atoms with Crippen LogP contribution in [0.25, 0.3) is 5.70 Å². The van der Waals surface area contributed by atoms with Gasteiger partial charge < -0.3 is 5.11 Å². The molecule has 0 aromatic carbocycles. The molecule has 124 valence electrons. The Balaban J connectivity index is 0.000000295. The molecule has 1 heterocycles. The number of allylic oxidation sites excluding steroid dienone is 3. The third kappa shape index (κ3) is 9.12. The molecular formula is C12H12F6NO2P. The smallest absolute Gasteiger partial charge is 0.331 e. The molecule has 0 amide bonds. The zero-order valence-electron chi connectivity index (χ0n) is 11.0. The van der Waals surface area contributed by atoms with Gasteiger partial charge in [0.2, 0.25) is 0 Å². The summed E-state index contributed by atoms with van der Waals surface area (Å²) in [5.41, 5.74) is 1.61. The van der Waals surface area contributed by atoms with Gasteiger partial charge in [-0.15, -0.1) is 0 Å². The van der Waals surface area contributed by atoms with Gasteiger partial charge in [-0.3, -0.25) is 0 Å². The number of carboxylic acids is 1. The van der Waals surface area contributed by atoms with Crippen molar-refractivity contribution >= 4 is 19.5 Å². The summed E-state index contributed by atoms with van der Waals surface area (Å²) < 4.78 is 61.2. The van der Waals surface area contributed by atoms with Crippen molar-refractivity contribution in [3.8, 4) is 0 Å². The third-order valence-electron chi connectivity index (χ3n) is 2.44. The van der Waals surface area contributed by atoms with Crippen LogP contribution in [-0.4, -0.2) is 11.1 Å². The fourth-order valence-corrected chi connectivity index (χ4v) is 1.60. The number of carboxylic acid groups (broad SMARTS) is 1. The van der Waals surface area contributed by atoms with Crippen molar-refractivity contribution in [3.05, 3.63) is 48.3 Å². The molecule has 1 aliphatic carbocycles. The number of aliphatic carboxylic acids is 1. The summed E-state index contributed by atoms with van der Waals surface area (Å²) in [4.78, 5) is 10.7. The Hall–Kier alpha value is -1.89. The van der Waals surface area contributed by atoms with Gasteiger partial charge >= 0.3 is 39.0 Å². The largest absolute Gasteiger partial charge is 0.478 e. The molecule has 1 aromatic heterocycles. The predicted molar refractivity (Wildman–Crippen MR) is 69.4 cm³/mol. The minimum absolute atomic E-state index is 0.482. The molecule has 0 radical (unpaired) electrons. The quantitative estimate of drug-likeness (QED) is 0.465. The minimum Gasteiger partial charge on any atom is -0.478 e. The zero-order valence-corrected chi connectivity index (χ0v) is 11.9. The maximum Gasteiger partial charge on any atom is 0.331 e. The number of aromatic nitrogens is 1. The average molecular weight is 347 g/mol. The SMILES string of the molecule is F[P-](F)(F)(F)(F)F.O=C(O)C1=CCC([n+]2ccccc2)=CC1. The Morgan fingerprint density at radius 3 is 1.82 bits per heavy atom. The number of carbonyl (C=O) groups is 1. The molecule has 0 atom stereocenters. The van der Waals surface area contributed by atoms with E-state index in [2.05, 4.69) is 0 Å². The minimum atomic E-state index is -10.7. The van der Waals surface area contributed by atoms with Gasteiger partial charge in [0.1, 0.15) is 0 Å². The van der Waals surface area contributed by atoms with Crippen LogP contribution in [0.2, 0.25) is 0 Å². The average Bonchev–Trinajstić information content (AvgIpc) is 2.36. The first-order valence-corrected chi connectivity index (χ1v) is 7.89. The molecule has 3 nitrogen and oxygen atoms in total. The van der Waals surface area contributed by atoms with E-state index < -0.39 is 13.8 Å². The maximum absolute atomic E-state index is 10.7. The Morgan fingerprint density at radius 1 is 0.955 bits per heavy atom. The summed E-state index contributed by atoms with van der Waals surface area (Å²) >= 11 is 0. The molecule has 22 heavy (non-hydrogen) atoms. The van der Waals surface area contributed by atoms with Gasteiger partial charge in [0.05, 0.1) is 6.42 Å². The molecule has 1 N–H and O–H groups in total. The van der Waals surface area contributed by atoms with Crippen LogP contribution in [-0.2, 0) is 4.79 Å². The van der Waals surface area contributed by atoms with Crippen LogP contribution in [0.3, 0.4) is 0 Å². The van der Waals surface area contributed by atoms with Crippen LogP contribution in [0.4, 0.5) is 25.2 Å². The number of halogens is 6. The van der Waals surface area contributed by atoms with Gasteiger partial charge in [-0.1, -0.05) is 12.1 Å². The van der Waals surface area contributed by atoms with E-state index in [9.17, 15) is 30.0 Å². The second-order valence-electron chi connectivity index (χ2n) is 4.38. The standard InChI is InChI=1S/C12H11NO2.F6P/c14-12(15)10-4-6-11(7-5-10)13-8-2-1-3-9-13;1-7(2,3,4,5)6/h1-4,7-9H,5-6H2;/q;-1/p+1. The summed E-state index contributed by atoms with van der Waals surface area (Å²) in [5, 5.41) is 8.79. The second-order valence-corrected chi connectivity index (χ2v) is 6.30. The van der Waals surface area contributed by atoms with Crippen LogP contribution < -0.4 is 4.57 Å². The van der Waals surface area contributed by atoms with Crippen molar-refractivity contribution in [3.63, 3.8) is 0 Å². The normalized spacial score (nSPS) is 17.9. The first-order valence-electron chi connectivity index (χ1n) is 5.87. The van der Waals surface area contributed by atoms with Crippen molar-refractivity contribution in [2.24, 2.45) is 0 Å². The monoisotopic (exact) mass is 347 g/mol. The second kappa shape index (κ2) is 5.39. The van der Waals surface area contributed by atoms with Gasteiger partial charge in [-0.25, -0.2) is 4.79 Å². The molecule has 0 bridgehead atoms. The van der Waals surface area contributed by atoms with Crippen LogP contribution >= 0.6 is 7.81 Å². The molecular weight excluding hydrogens is 335 g/mol. The van der Waals surface area contributed by atoms with Gasteiger partial charge in [-0.05, 0) is 6.08 Å². The summed E-state index contributed by atoms with van der Waals surface area (Å²) in [6, 6.07) is 5.87. The van der Waals surface area contributed by atoms with Gasteiger partial charge in [0, 0.05) is 24.1 Å². The van der Waals surface area contributed by atoms with E-state index in [0.717, 1.165) is 5.70 Å². The Kier molecular flexibility index (Phi) is 4.45. The summed E-state index contributed by atoms with van der Waals surface area (Å²) in [7, 11) is -10.7. The fourth-order valence-electron chi connectivity index (χ4n) is 1.60. The molecule has 0 spiro atoms. The maximum atomic E-state index is 10.7. The number of hydrogen-bond donors (Lipinski definition) is 1. The van der Waals surface area contributed by atoms with Crippen LogP contribution in [0.5, 0.6) is 0 Å². The molecule has 0 saturated heterocycles. The summed E-state index contributed by atoms with van der Waals surface area (Å²) in [5.74, 6) is -0.816. The Labute approximate surface area is 121 Å². The van der Waals surface area contributed by atoms with Gasteiger partial charge in [0.25, 0.3) is 0 Å². The molecule has 0 unspecified atom stereocenters. The van der Waals surface area contributed by atoms with Crippen molar-refractivity contribution in [2.75, 3.05) is 0 Å². The summed E-state index contributed by atoms with van der Waals surface area (Å²) in [6.45, 7) is 0. The van der Waals surface area contributed by atoms with Gasteiger partial charge in [-0.2, -0.15) is 4.57 Å². The van der Waals surface area contributed by atoms with Crippen molar-refractivity contribution in [1.82, 2.24) is 0 Å². The van der Waals surface area contributed by atoms with Crippen molar-refractivity contribution in [2.45, 2.75) is 12.8 Å². The first-order chi connectivity index (χ1) is 9.72. The van der Waals surface area contributed by atoms with E-state index in [-0.39, 0.29) is 0 Å². The van der Waals surface area contributed by atoms with Crippen molar-refractivity contribution in [1.29, 1.82) is 0 Å². The molecule has 0 fully saturated rings. The molecule has 2 rings (SSSR count). The zero-order chi connectivity index (χ0) is 17.1. The fraction of sp³-hybridized carbons (Fsp3) is 0.167. The van der Waals surface area contributed by atoms with Gasteiger partial charge in [0.15, 0.2) is 18.1 Å². The van der Waals surface area contributed by atoms with E-state index in [1.165, 1.54) is 0 Å². The topological polar surface area (TPSA) is 41.2 Å². The van der Waals surface area contributed by atoms with Crippen molar-refractivity contribution < 1.29 is 39.6 Å². The number of rotatable bonds is 2. The Bertz CT molecular complexity index is 610. The van der Waals surface area contributed by atoms with Crippen LogP contribution in [0.15, 0.2) is 48.3 Å². The van der Waals surface area contributed by atoms with E-state index in [1.54, 1.807) is 6.08 Å². The number of nitrogens with zero attached hydrogens (tertiary/aromatic N) is 1. The predicted octanol–water partition coefficient (Wildman–Crippen LogP) is 5.00. The van der Waals surface area contributed by atoms with E-state index >= 15 is 0 Å². The molecule has 0 saturated carbocycles. The van der Waals surface area contributed by atoms with Crippen LogP contribution in [0, 0.1) is 0 Å². The van der Waals surface area contributed by atoms with Crippen LogP contribution in [0.1, 0.15) is 12.8 Å². The first kappa shape index (κ1) is 18.2.